The highest BCUT2D eigenvalue weighted by atomic mass is 19.4. The van der Waals surface area contributed by atoms with Crippen LogP contribution < -0.4 is 5.32 Å². The van der Waals surface area contributed by atoms with Gasteiger partial charge in [-0.05, 0) is 36.6 Å². The molecule has 0 aliphatic carbocycles. The molecule has 2 aromatic heterocycles. The van der Waals surface area contributed by atoms with Crippen molar-refractivity contribution < 1.29 is 18.0 Å². The van der Waals surface area contributed by atoms with Crippen molar-refractivity contribution in [2.75, 3.05) is 14.1 Å². The molecule has 3 heterocycles. The highest BCUT2D eigenvalue weighted by Gasteiger charge is 2.37. The number of hydrogen-bond acceptors (Lipinski definition) is 4. The number of pyridine rings is 1. The van der Waals surface area contributed by atoms with Crippen molar-refractivity contribution in [2.24, 2.45) is 0 Å². The molecule has 0 radical (unpaired) electrons. The molecule has 1 atom stereocenters. The third kappa shape index (κ3) is 3.46. The number of aromatic nitrogens is 3. The lowest BCUT2D eigenvalue weighted by atomic mass is 10.1. The Balaban J connectivity index is 2.05. The molecular weight excluding hydrogens is 347 g/mol. The first-order valence-electron chi connectivity index (χ1n) is 7.72. The van der Waals surface area contributed by atoms with Crippen molar-refractivity contribution in [1.82, 2.24) is 25.0 Å². The Morgan fingerprint density at radius 3 is 2.69 bits per heavy atom. The number of hydrogen-bond donors (Lipinski definition) is 1. The van der Waals surface area contributed by atoms with Gasteiger partial charge in [0.1, 0.15) is 6.04 Å². The molecule has 1 aliphatic heterocycles. The third-order valence-corrected chi connectivity index (χ3v) is 3.75. The van der Waals surface area contributed by atoms with E-state index in [4.69, 9.17) is 0 Å². The number of nitrogens with zero attached hydrogens (tertiary/aromatic N) is 4. The summed E-state index contributed by atoms with van der Waals surface area (Å²) in [5, 5.41) is 6.94. The molecule has 3 rings (SSSR count). The molecule has 0 aromatic carbocycles. The van der Waals surface area contributed by atoms with Gasteiger partial charge in [0.25, 0.3) is 0 Å². The number of halogens is 3. The van der Waals surface area contributed by atoms with Crippen LogP contribution in [0.2, 0.25) is 0 Å². The van der Waals surface area contributed by atoms with Crippen molar-refractivity contribution >= 4 is 11.5 Å². The number of nitrogens with one attached hydrogen (secondary N) is 1. The summed E-state index contributed by atoms with van der Waals surface area (Å²) >= 11 is 0. The second-order valence-corrected chi connectivity index (χ2v) is 5.84. The molecule has 1 amide bonds. The first kappa shape index (κ1) is 17.7. The van der Waals surface area contributed by atoms with Crippen LogP contribution in [0.4, 0.5) is 13.2 Å². The lowest BCUT2D eigenvalue weighted by molar-refractivity contribution is -0.142. The van der Waals surface area contributed by atoms with E-state index in [-0.39, 0.29) is 17.4 Å². The number of rotatable bonds is 3. The molecule has 1 unspecified atom stereocenters. The van der Waals surface area contributed by atoms with E-state index in [1.165, 1.54) is 23.4 Å². The Kier molecular flexibility index (Phi) is 4.54. The Hall–Kier alpha value is -3.10. The minimum atomic E-state index is -4.60. The van der Waals surface area contributed by atoms with Crippen molar-refractivity contribution in [3.63, 3.8) is 0 Å². The highest BCUT2D eigenvalue weighted by molar-refractivity contribution is 5.88. The molecule has 0 bridgehead atoms. The van der Waals surface area contributed by atoms with Crippen LogP contribution in [0, 0.1) is 0 Å². The number of carbonyl (C=O) groups excluding carboxylic acids is 1. The first-order chi connectivity index (χ1) is 12.3. The lowest BCUT2D eigenvalue weighted by Gasteiger charge is -2.21. The topological polar surface area (TPSA) is 63.1 Å². The van der Waals surface area contributed by atoms with Gasteiger partial charge >= 0.3 is 6.18 Å². The molecular formula is C17H16F3N5O. The molecule has 2 aromatic rings. The fourth-order valence-corrected chi connectivity index (χ4v) is 2.49. The summed E-state index contributed by atoms with van der Waals surface area (Å²) < 4.78 is 41.0. The van der Waals surface area contributed by atoms with Crippen LogP contribution in [0.15, 0.2) is 48.8 Å². The molecule has 136 valence electrons. The van der Waals surface area contributed by atoms with E-state index in [1.807, 2.05) is 0 Å². The molecule has 0 saturated heterocycles. The first-order valence-corrected chi connectivity index (χ1v) is 7.72. The minimum absolute atomic E-state index is 0.0607. The Labute approximate surface area is 147 Å². The van der Waals surface area contributed by atoms with Gasteiger partial charge in [0.15, 0.2) is 11.5 Å². The number of dihydropyridines is 1. The SMILES string of the molecule is CN(C)C(=O)C1C=C(c2cc(C(F)(F)F)n(-c3ccccn3)n2)C=CN1. The average Bonchev–Trinajstić information content (AvgIpc) is 3.08. The zero-order chi connectivity index (χ0) is 18.9. The van der Waals surface area contributed by atoms with Crippen LogP contribution >= 0.6 is 0 Å². The normalized spacial score (nSPS) is 16.8. The molecule has 6 nitrogen and oxygen atoms in total. The van der Waals surface area contributed by atoms with E-state index in [1.54, 1.807) is 38.4 Å². The van der Waals surface area contributed by atoms with Crippen molar-refractivity contribution in [2.45, 2.75) is 12.2 Å². The van der Waals surface area contributed by atoms with Gasteiger partial charge in [-0.15, -0.1) is 0 Å². The van der Waals surface area contributed by atoms with Crippen LogP contribution in [-0.4, -0.2) is 45.7 Å². The summed E-state index contributed by atoms with van der Waals surface area (Å²) in [5.41, 5.74) is -0.407. The van der Waals surface area contributed by atoms with Crippen molar-refractivity contribution in [3.8, 4) is 5.82 Å². The van der Waals surface area contributed by atoms with Crippen molar-refractivity contribution in [3.05, 3.63) is 60.2 Å². The van der Waals surface area contributed by atoms with E-state index in [9.17, 15) is 18.0 Å². The number of likely N-dealkylation sites (N-methyl/N-ethyl adjacent to an activating group) is 1. The standard InChI is InChI=1S/C17H16F3N5O/c1-24(2)16(26)13-9-11(6-8-21-13)12-10-14(17(18,19)20)25(23-12)15-5-3-4-7-22-15/h3-10,13,21H,1-2H3. The summed E-state index contributed by atoms with van der Waals surface area (Å²) in [6.07, 6.45) is 1.44. The minimum Gasteiger partial charge on any atom is -0.376 e. The maximum Gasteiger partial charge on any atom is 0.433 e. The van der Waals surface area contributed by atoms with Gasteiger partial charge in [0, 0.05) is 25.9 Å². The van der Waals surface area contributed by atoms with Crippen LogP contribution in [0.25, 0.3) is 11.4 Å². The predicted molar refractivity (Wildman–Crippen MR) is 89.1 cm³/mol. The second-order valence-electron chi connectivity index (χ2n) is 5.84. The zero-order valence-electron chi connectivity index (χ0n) is 14.0. The average molecular weight is 363 g/mol. The predicted octanol–water partition coefficient (Wildman–Crippen LogP) is 2.24. The summed E-state index contributed by atoms with van der Waals surface area (Å²) in [4.78, 5) is 17.4. The number of amides is 1. The fourth-order valence-electron chi connectivity index (χ4n) is 2.49. The molecule has 0 saturated carbocycles. The number of carbonyl (C=O) groups is 1. The smallest absolute Gasteiger partial charge is 0.376 e. The lowest BCUT2D eigenvalue weighted by Crippen LogP contribution is -2.41. The van der Waals surface area contributed by atoms with Gasteiger partial charge in [0.05, 0.1) is 5.69 Å². The Morgan fingerprint density at radius 2 is 2.08 bits per heavy atom. The highest BCUT2D eigenvalue weighted by Crippen LogP contribution is 2.33. The Bertz CT molecular complexity index is 868. The molecule has 0 spiro atoms. The van der Waals surface area contributed by atoms with E-state index in [2.05, 4.69) is 15.4 Å². The Morgan fingerprint density at radius 1 is 1.31 bits per heavy atom. The summed E-state index contributed by atoms with van der Waals surface area (Å²) in [6.45, 7) is 0. The van der Waals surface area contributed by atoms with E-state index in [0.29, 0.717) is 5.57 Å². The summed E-state index contributed by atoms with van der Waals surface area (Å²) in [6, 6.07) is 4.92. The maximum absolute atomic E-state index is 13.4. The molecule has 1 aliphatic rings. The van der Waals surface area contributed by atoms with Crippen LogP contribution in [0.1, 0.15) is 11.4 Å². The number of allylic oxidation sites excluding steroid dienone is 2. The van der Waals surface area contributed by atoms with E-state index < -0.39 is 17.9 Å². The monoisotopic (exact) mass is 363 g/mol. The van der Waals surface area contributed by atoms with Crippen LogP contribution in [-0.2, 0) is 11.0 Å². The quantitative estimate of drug-likeness (QED) is 0.909. The molecule has 9 heteroatoms. The van der Waals surface area contributed by atoms with E-state index >= 15 is 0 Å². The van der Waals surface area contributed by atoms with Crippen molar-refractivity contribution in [1.29, 1.82) is 0 Å². The molecule has 0 fully saturated rings. The summed E-state index contributed by atoms with van der Waals surface area (Å²) in [5.74, 6) is -0.155. The summed E-state index contributed by atoms with van der Waals surface area (Å²) in [7, 11) is 3.21. The van der Waals surface area contributed by atoms with Gasteiger partial charge in [-0.2, -0.15) is 18.3 Å². The van der Waals surface area contributed by atoms with Crippen LogP contribution in [0.3, 0.4) is 0 Å². The largest absolute Gasteiger partial charge is 0.433 e. The maximum atomic E-state index is 13.4. The van der Waals surface area contributed by atoms with Gasteiger partial charge in [0.2, 0.25) is 5.91 Å². The molecule has 1 N–H and O–H groups in total. The van der Waals surface area contributed by atoms with Gasteiger partial charge in [-0.3, -0.25) is 4.79 Å². The third-order valence-electron chi connectivity index (χ3n) is 3.75. The van der Waals surface area contributed by atoms with Gasteiger partial charge < -0.3 is 10.2 Å². The van der Waals surface area contributed by atoms with E-state index in [0.717, 1.165) is 10.7 Å². The fraction of sp³-hybridized carbons (Fsp3) is 0.235. The zero-order valence-corrected chi connectivity index (χ0v) is 14.0. The van der Waals surface area contributed by atoms with Gasteiger partial charge in [-0.1, -0.05) is 6.07 Å². The number of alkyl halides is 3. The van der Waals surface area contributed by atoms with Gasteiger partial charge in [-0.25, -0.2) is 9.67 Å². The van der Waals surface area contributed by atoms with Crippen LogP contribution in [0.5, 0.6) is 0 Å². The second kappa shape index (κ2) is 6.66. The molecule has 26 heavy (non-hydrogen) atoms.